The van der Waals surface area contributed by atoms with Gasteiger partial charge in [-0.15, -0.1) is 0 Å². The van der Waals surface area contributed by atoms with Crippen molar-refractivity contribution in [1.82, 2.24) is 5.32 Å². The monoisotopic (exact) mass is 390 g/mol. The second-order valence-corrected chi connectivity index (χ2v) is 8.49. The van der Waals surface area contributed by atoms with E-state index in [1.165, 1.54) is 12.1 Å². The molecule has 0 amide bonds. The molecule has 1 aromatic heterocycles. The second-order valence-electron chi connectivity index (χ2n) is 8.49. The Morgan fingerprint density at radius 1 is 1.07 bits per heavy atom. The van der Waals surface area contributed by atoms with Crippen LogP contribution in [-0.4, -0.2) is 16.5 Å². The van der Waals surface area contributed by atoms with Crippen LogP contribution < -0.4 is 5.32 Å². The molecule has 5 rings (SSSR count). The Bertz CT molecular complexity index is 1180. The fraction of sp³-hybridized carbons (Fsp3) is 0.273. The third-order valence-corrected chi connectivity index (χ3v) is 5.81. The number of nitrogens with one attached hydrogen (secondary N) is 1. The zero-order chi connectivity index (χ0) is 20.5. The van der Waals surface area contributed by atoms with Crippen molar-refractivity contribution in [3.8, 4) is 0 Å². The van der Waals surface area contributed by atoms with Crippen LogP contribution in [0, 0.1) is 15.5 Å². The lowest BCUT2D eigenvalue weighted by Crippen LogP contribution is -2.37. The molecule has 0 fully saturated rings. The lowest BCUT2D eigenvalue weighted by atomic mass is 9.69. The van der Waals surface area contributed by atoms with E-state index in [0.717, 1.165) is 11.3 Å². The highest BCUT2D eigenvalue weighted by Crippen LogP contribution is 2.51. The van der Waals surface area contributed by atoms with Gasteiger partial charge in [-0.3, -0.25) is 19.7 Å². The molecule has 2 aromatic rings. The van der Waals surface area contributed by atoms with Crippen LogP contribution in [0.1, 0.15) is 54.3 Å². The van der Waals surface area contributed by atoms with Crippen molar-refractivity contribution in [3.63, 3.8) is 0 Å². The Morgan fingerprint density at radius 2 is 1.79 bits per heavy atom. The van der Waals surface area contributed by atoms with Crippen molar-refractivity contribution in [2.45, 2.75) is 32.6 Å². The van der Waals surface area contributed by atoms with Crippen LogP contribution in [0.3, 0.4) is 0 Å². The highest BCUT2D eigenvalue weighted by molar-refractivity contribution is 6.23. The number of furan rings is 1. The van der Waals surface area contributed by atoms with Gasteiger partial charge in [0, 0.05) is 34.4 Å². The van der Waals surface area contributed by atoms with E-state index < -0.39 is 16.7 Å². The summed E-state index contributed by atoms with van der Waals surface area (Å²) in [5, 5.41) is 14.5. The van der Waals surface area contributed by atoms with Crippen molar-refractivity contribution in [2.75, 3.05) is 0 Å². The minimum absolute atomic E-state index is 0.0666. The standard InChI is InChI=1S/C22H18N2O5/c1-22(2)9-13-17(14(25)10-22)18(15-7-8-16(29-15)24(27)28)19-20(23-13)11-5-3-4-6-12(11)21(19)26/h3-8,18,23H,9-10H2,1-2H3/t18-/m1/s1. The SMILES string of the molecule is CC1(C)CC(=O)C2=C(C1)NC1=C(C(=O)c3ccccc31)[C@@H]2c1ccc([N+](=O)[O-])o1. The highest BCUT2D eigenvalue weighted by Gasteiger charge is 2.47. The number of nitro groups is 1. The van der Waals surface area contributed by atoms with Crippen molar-refractivity contribution < 1.29 is 18.9 Å². The largest absolute Gasteiger partial charge is 0.433 e. The maximum Gasteiger partial charge on any atom is 0.433 e. The number of carbonyl (C=O) groups is 2. The highest BCUT2D eigenvalue weighted by atomic mass is 16.6. The number of Topliss-reactive ketones (excluding diaryl/α,β-unsaturated/α-hetero) is 2. The van der Waals surface area contributed by atoms with Gasteiger partial charge in [-0.2, -0.15) is 0 Å². The zero-order valence-electron chi connectivity index (χ0n) is 15.9. The van der Waals surface area contributed by atoms with Gasteiger partial charge in [-0.05, 0) is 17.9 Å². The number of carbonyl (C=O) groups excluding carboxylic acids is 2. The molecule has 3 aliphatic rings. The smallest absolute Gasteiger partial charge is 0.405 e. The lowest BCUT2D eigenvalue weighted by molar-refractivity contribution is -0.402. The Kier molecular flexibility index (Phi) is 3.50. The van der Waals surface area contributed by atoms with E-state index in [9.17, 15) is 19.7 Å². The Balaban J connectivity index is 1.74. The molecule has 2 heterocycles. The Hall–Kier alpha value is -3.48. The summed E-state index contributed by atoms with van der Waals surface area (Å²) in [7, 11) is 0. The number of benzene rings is 1. The van der Waals surface area contributed by atoms with E-state index in [2.05, 4.69) is 5.32 Å². The van der Waals surface area contributed by atoms with E-state index in [1.807, 2.05) is 26.0 Å². The van der Waals surface area contributed by atoms with Crippen LogP contribution in [0.5, 0.6) is 0 Å². The predicted molar refractivity (Wildman–Crippen MR) is 104 cm³/mol. The minimum atomic E-state index is -0.751. The second kappa shape index (κ2) is 5.76. The molecule has 1 aliphatic heterocycles. The molecule has 0 unspecified atom stereocenters. The van der Waals surface area contributed by atoms with Gasteiger partial charge in [0.1, 0.15) is 10.7 Å². The molecular formula is C22H18N2O5. The summed E-state index contributed by atoms with van der Waals surface area (Å²) in [5.41, 5.74) is 3.44. The molecule has 1 atom stereocenters. The summed E-state index contributed by atoms with van der Waals surface area (Å²) in [4.78, 5) is 36.9. The van der Waals surface area contributed by atoms with Crippen LogP contribution >= 0.6 is 0 Å². The number of hydrogen-bond acceptors (Lipinski definition) is 6. The maximum absolute atomic E-state index is 13.3. The van der Waals surface area contributed by atoms with Gasteiger partial charge < -0.3 is 9.73 Å². The van der Waals surface area contributed by atoms with Gasteiger partial charge in [-0.1, -0.05) is 38.1 Å². The molecule has 0 radical (unpaired) electrons. The fourth-order valence-electron chi connectivity index (χ4n) is 4.67. The van der Waals surface area contributed by atoms with Gasteiger partial charge in [0.05, 0.1) is 17.7 Å². The summed E-state index contributed by atoms with van der Waals surface area (Å²) >= 11 is 0. The van der Waals surface area contributed by atoms with Gasteiger partial charge in [0.2, 0.25) is 0 Å². The van der Waals surface area contributed by atoms with Crippen LogP contribution in [-0.2, 0) is 4.79 Å². The van der Waals surface area contributed by atoms with Gasteiger partial charge in [0.25, 0.3) is 0 Å². The number of ketones is 2. The topological polar surface area (TPSA) is 102 Å². The number of nitrogens with zero attached hydrogens (tertiary/aromatic N) is 1. The molecule has 7 heteroatoms. The summed E-state index contributed by atoms with van der Waals surface area (Å²) in [5.74, 6) is -1.17. The average Bonchev–Trinajstić information content (AvgIpc) is 3.24. The molecule has 7 nitrogen and oxygen atoms in total. The molecular weight excluding hydrogens is 372 g/mol. The normalized spacial score (nSPS) is 22.2. The average molecular weight is 390 g/mol. The molecule has 0 bridgehead atoms. The zero-order valence-corrected chi connectivity index (χ0v) is 15.9. The summed E-state index contributed by atoms with van der Waals surface area (Å²) in [6, 6.07) is 10.0. The van der Waals surface area contributed by atoms with Crippen molar-refractivity contribution >= 4 is 23.1 Å². The number of dihydropyridines is 1. The molecule has 1 N–H and O–H groups in total. The van der Waals surface area contributed by atoms with Crippen LogP contribution in [0.15, 0.2) is 57.7 Å². The van der Waals surface area contributed by atoms with Gasteiger partial charge >= 0.3 is 5.88 Å². The molecule has 1 aromatic carbocycles. The first-order valence-electron chi connectivity index (χ1n) is 9.42. The van der Waals surface area contributed by atoms with Crippen LogP contribution in [0.4, 0.5) is 5.88 Å². The minimum Gasteiger partial charge on any atom is -0.405 e. The van der Waals surface area contributed by atoms with E-state index in [0.29, 0.717) is 35.2 Å². The number of fused-ring (bicyclic) bond motifs is 2. The Morgan fingerprint density at radius 3 is 2.48 bits per heavy atom. The first-order chi connectivity index (χ1) is 13.8. The molecule has 146 valence electrons. The number of hydrogen-bond donors (Lipinski definition) is 1. The van der Waals surface area contributed by atoms with Crippen LogP contribution in [0.25, 0.3) is 5.70 Å². The summed E-state index contributed by atoms with van der Waals surface area (Å²) in [6.07, 6.45) is 0.983. The molecule has 29 heavy (non-hydrogen) atoms. The van der Waals surface area contributed by atoms with Gasteiger partial charge in [-0.25, -0.2) is 0 Å². The third kappa shape index (κ3) is 2.50. The van der Waals surface area contributed by atoms with Crippen molar-refractivity contribution in [1.29, 1.82) is 0 Å². The molecule has 2 aliphatic carbocycles. The predicted octanol–water partition coefficient (Wildman–Crippen LogP) is 4.13. The first kappa shape index (κ1) is 17.6. The van der Waals surface area contributed by atoms with Crippen LogP contribution in [0.2, 0.25) is 0 Å². The summed E-state index contributed by atoms with van der Waals surface area (Å²) < 4.78 is 5.49. The molecule has 0 saturated heterocycles. The Labute approximate surface area is 166 Å². The van der Waals surface area contributed by atoms with E-state index in [4.69, 9.17) is 4.42 Å². The number of rotatable bonds is 2. The van der Waals surface area contributed by atoms with E-state index in [1.54, 1.807) is 12.1 Å². The molecule has 0 spiro atoms. The van der Waals surface area contributed by atoms with E-state index >= 15 is 0 Å². The third-order valence-electron chi connectivity index (χ3n) is 5.81. The number of allylic oxidation sites excluding steroid dienone is 3. The molecule has 0 saturated carbocycles. The van der Waals surface area contributed by atoms with Crippen molar-refractivity contribution in [3.05, 3.63) is 80.2 Å². The van der Waals surface area contributed by atoms with Crippen molar-refractivity contribution in [2.24, 2.45) is 5.41 Å². The fourth-order valence-corrected chi connectivity index (χ4v) is 4.67. The lowest BCUT2D eigenvalue weighted by Gasteiger charge is -2.38. The van der Waals surface area contributed by atoms with Gasteiger partial charge in [0.15, 0.2) is 11.6 Å². The summed E-state index contributed by atoms with van der Waals surface area (Å²) in [6.45, 7) is 4.06. The van der Waals surface area contributed by atoms with E-state index in [-0.39, 0.29) is 22.7 Å². The quantitative estimate of drug-likeness (QED) is 0.611. The maximum atomic E-state index is 13.3. The first-order valence-corrected chi connectivity index (χ1v) is 9.42.